The van der Waals surface area contributed by atoms with E-state index in [1.807, 2.05) is 18.2 Å². The number of halogens is 1. The smallest absolute Gasteiger partial charge is 0.138 e. The second-order valence-electron chi connectivity index (χ2n) is 2.77. The van der Waals surface area contributed by atoms with E-state index in [2.05, 4.69) is 26.0 Å². The summed E-state index contributed by atoms with van der Waals surface area (Å²) in [6.07, 6.45) is 3.06. The molecule has 0 amide bonds. The first-order chi connectivity index (χ1) is 6.81. The Morgan fingerprint density at radius 3 is 2.93 bits per heavy atom. The van der Waals surface area contributed by atoms with E-state index in [0.29, 0.717) is 0 Å². The van der Waals surface area contributed by atoms with Crippen LogP contribution in [0.15, 0.2) is 35.3 Å². The Bertz CT molecular complexity index is 428. The molecule has 0 aliphatic carbocycles. The fraction of sp³-hybridized carbons (Fsp3) is 0.111. The maximum atomic E-state index is 9.13. The quantitative estimate of drug-likeness (QED) is 0.883. The lowest BCUT2D eigenvalue weighted by atomic mass is 10.2. The summed E-state index contributed by atoms with van der Waals surface area (Å²) in [4.78, 5) is 3.86. The Hall–Kier alpha value is -1.20. The van der Waals surface area contributed by atoms with Gasteiger partial charge in [0.1, 0.15) is 12.7 Å². The van der Waals surface area contributed by atoms with Crippen LogP contribution >= 0.6 is 15.9 Å². The first-order valence-corrected chi connectivity index (χ1v) is 4.85. The van der Waals surface area contributed by atoms with Gasteiger partial charge in [0.2, 0.25) is 0 Å². The molecule has 1 aromatic carbocycles. The number of hydrogen-bond donors (Lipinski definition) is 1. The van der Waals surface area contributed by atoms with Gasteiger partial charge in [0.15, 0.2) is 0 Å². The molecule has 14 heavy (non-hydrogen) atoms. The van der Waals surface area contributed by atoms with E-state index in [9.17, 15) is 0 Å². The fourth-order valence-corrected chi connectivity index (χ4v) is 1.57. The summed E-state index contributed by atoms with van der Waals surface area (Å²) in [5, 5.41) is 13.1. The van der Waals surface area contributed by atoms with Crippen molar-refractivity contribution in [2.75, 3.05) is 0 Å². The number of aliphatic hydroxyl groups excluding tert-OH is 1. The van der Waals surface area contributed by atoms with E-state index in [1.54, 1.807) is 11.0 Å². The van der Waals surface area contributed by atoms with Crippen LogP contribution in [0.1, 0.15) is 5.56 Å². The topological polar surface area (TPSA) is 50.9 Å². The summed E-state index contributed by atoms with van der Waals surface area (Å²) in [6.45, 7) is -0.0114. The highest BCUT2D eigenvalue weighted by Crippen LogP contribution is 2.19. The van der Waals surface area contributed by atoms with E-state index in [1.165, 1.54) is 6.33 Å². The molecule has 4 nitrogen and oxygen atoms in total. The number of aliphatic hydroxyl groups is 1. The summed E-state index contributed by atoms with van der Waals surface area (Å²) in [5.41, 5.74) is 1.65. The highest BCUT2D eigenvalue weighted by molar-refractivity contribution is 9.10. The molecule has 0 bridgehead atoms. The van der Waals surface area contributed by atoms with Crippen LogP contribution in [0.25, 0.3) is 5.69 Å². The summed E-state index contributed by atoms with van der Waals surface area (Å²) in [6, 6.07) is 5.62. The van der Waals surface area contributed by atoms with Crippen molar-refractivity contribution in [1.29, 1.82) is 0 Å². The van der Waals surface area contributed by atoms with Gasteiger partial charge in [-0.15, -0.1) is 0 Å². The van der Waals surface area contributed by atoms with Crippen molar-refractivity contribution in [3.63, 3.8) is 0 Å². The molecule has 1 heterocycles. The van der Waals surface area contributed by atoms with Gasteiger partial charge in [-0.3, -0.25) is 0 Å². The zero-order valence-electron chi connectivity index (χ0n) is 7.26. The van der Waals surface area contributed by atoms with Crippen LogP contribution in [0.3, 0.4) is 0 Å². The van der Waals surface area contributed by atoms with Crippen molar-refractivity contribution in [3.05, 3.63) is 40.9 Å². The van der Waals surface area contributed by atoms with E-state index >= 15 is 0 Å². The maximum Gasteiger partial charge on any atom is 0.138 e. The molecule has 0 unspecified atom stereocenters. The second-order valence-corrected chi connectivity index (χ2v) is 3.69. The van der Waals surface area contributed by atoms with Gasteiger partial charge in [-0.2, -0.15) is 5.10 Å². The summed E-state index contributed by atoms with van der Waals surface area (Å²) in [5.74, 6) is 0. The molecule has 0 saturated heterocycles. The normalized spacial score (nSPS) is 10.4. The molecule has 0 aliphatic heterocycles. The third kappa shape index (κ3) is 1.69. The summed E-state index contributed by atoms with van der Waals surface area (Å²) in [7, 11) is 0. The van der Waals surface area contributed by atoms with Crippen LogP contribution in [0.4, 0.5) is 0 Å². The molecule has 5 heteroatoms. The van der Waals surface area contributed by atoms with Gasteiger partial charge in [0.25, 0.3) is 0 Å². The highest BCUT2D eigenvalue weighted by atomic mass is 79.9. The molecule has 1 N–H and O–H groups in total. The predicted octanol–water partition coefficient (Wildman–Crippen LogP) is 1.52. The zero-order chi connectivity index (χ0) is 9.97. The van der Waals surface area contributed by atoms with Crippen molar-refractivity contribution in [3.8, 4) is 5.69 Å². The third-order valence-corrected chi connectivity index (χ3v) is 2.38. The average molecular weight is 254 g/mol. The molecule has 0 fully saturated rings. The van der Waals surface area contributed by atoms with Crippen molar-refractivity contribution >= 4 is 15.9 Å². The van der Waals surface area contributed by atoms with Crippen molar-refractivity contribution in [2.24, 2.45) is 0 Å². The van der Waals surface area contributed by atoms with Gasteiger partial charge >= 0.3 is 0 Å². The number of aromatic nitrogens is 3. The molecule has 0 spiro atoms. The van der Waals surface area contributed by atoms with Gasteiger partial charge in [-0.05, 0) is 12.1 Å². The van der Waals surface area contributed by atoms with Crippen molar-refractivity contribution in [2.45, 2.75) is 6.61 Å². The minimum atomic E-state index is -0.0114. The monoisotopic (exact) mass is 253 g/mol. The van der Waals surface area contributed by atoms with Crippen LogP contribution in [0.5, 0.6) is 0 Å². The lowest BCUT2D eigenvalue weighted by molar-refractivity contribution is 0.281. The Labute approximate surface area is 89.3 Å². The molecule has 1 aromatic heterocycles. The SMILES string of the molecule is OCc1ccc(Br)cc1-n1cncn1. The van der Waals surface area contributed by atoms with Crippen LogP contribution in [0.2, 0.25) is 0 Å². The van der Waals surface area contributed by atoms with Crippen LogP contribution in [0, 0.1) is 0 Å². The zero-order valence-corrected chi connectivity index (χ0v) is 8.85. The lowest BCUT2D eigenvalue weighted by Gasteiger charge is -2.06. The molecular weight excluding hydrogens is 246 g/mol. The average Bonchev–Trinajstić information content (AvgIpc) is 2.70. The Kier molecular flexibility index (Phi) is 2.60. The first-order valence-electron chi connectivity index (χ1n) is 4.05. The standard InChI is InChI=1S/C9H8BrN3O/c10-8-2-1-7(4-14)9(3-8)13-6-11-5-12-13/h1-3,5-6,14H,4H2. The van der Waals surface area contributed by atoms with Crippen molar-refractivity contribution in [1.82, 2.24) is 14.8 Å². The molecule has 2 aromatic rings. The molecular formula is C9H8BrN3O. The van der Waals surface area contributed by atoms with Crippen LogP contribution < -0.4 is 0 Å². The fourth-order valence-electron chi connectivity index (χ4n) is 1.22. The minimum Gasteiger partial charge on any atom is -0.392 e. The molecule has 0 atom stereocenters. The van der Waals surface area contributed by atoms with E-state index in [4.69, 9.17) is 5.11 Å². The highest BCUT2D eigenvalue weighted by Gasteiger charge is 2.04. The molecule has 2 rings (SSSR count). The van der Waals surface area contributed by atoms with Gasteiger partial charge in [0.05, 0.1) is 12.3 Å². The van der Waals surface area contributed by atoms with Gasteiger partial charge in [-0.1, -0.05) is 22.0 Å². The van der Waals surface area contributed by atoms with E-state index in [0.717, 1.165) is 15.7 Å². The van der Waals surface area contributed by atoms with Crippen LogP contribution in [-0.2, 0) is 6.61 Å². The largest absolute Gasteiger partial charge is 0.392 e. The Morgan fingerprint density at radius 1 is 1.43 bits per heavy atom. The minimum absolute atomic E-state index is 0.0114. The third-order valence-electron chi connectivity index (χ3n) is 1.88. The van der Waals surface area contributed by atoms with Crippen LogP contribution in [-0.4, -0.2) is 19.9 Å². The first kappa shape index (κ1) is 9.36. The number of benzene rings is 1. The second kappa shape index (κ2) is 3.89. The lowest BCUT2D eigenvalue weighted by Crippen LogP contribution is -2.00. The van der Waals surface area contributed by atoms with Gasteiger partial charge in [0, 0.05) is 10.0 Å². The number of hydrogen-bond acceptors (Lipinski definition) is 3. The Balaban J connectivity index is 2.55. The molecule has 72 valence electrons. The molecule has 0 aliphatic rings. The van der Waals surface area contributed by atoms with Gasteiger partial charge in [-0.25, -0.2) is 9.67 Å². The predicted molar refractivity (Wildman–Crippen MR) is 55.0 cm³/mol. The number of nitrogens with zero attached hydrogens (tertiary/aromatic N) is 3. The molecule has 0 radical (unpaired) electrons. The van der Waals surface area contributed by atoms with Gasteiger partial charge < -0.3 is 5.11 Å². The maximum absolute atomic E-state index is 9.13. The van der Waals surface area contributed by atoms with E-state index < -0.39 is 0 Å². The van der Waals surface area contributed by atoms with E-state index in [-0.39, 0.29) is 6.61 Å². The molecule has 0 saturated carbocycles. The van der Waals surface area contributed by atoms with Crippen molar-refractivity contribution < 1.29 is 5.11 Å². The summed E-state index contributed by atoms with van der Waals surface area (Å²) >= 11 is 3.37. The Morgan fingerprint density at radius 2 is 2.29 bits per heavy atom. The summed E-state index contributed by atoms with van der Waals surface area (Å²) < 4.78 is 2.57. The number of rotatable bonds is 2.